The second-order valence-corrected chi connectivity index (χ2v) is 12.9. The zero-order valence-electron chi connectivity index (χ0n) is 24.2. The first-order valence-corrected chi connectivity index (χ1v) is 15.2. The van der Waals surface area contributed by atoms with E-state index < -0.39 is 11.0 Å². The van der Waals surface area contributed by atoms with Crippen molar-refractivity contribution in [3.63, 3.8) is 0 Å². The second-order valence-electron chi connectivity index (χ2n) is 11.5. The van der Waals surface area contributed by atoms with Crippen LogP contribution in [0.3, 0.4) is 0 Å². The van der Waals surface area contributed by atoms with Gasteiger partial charge < -0.3 is 15.6 Å². The van der Waals surface area contributed by atoms with Crippen molar-refractivity contribution in [1.29, 1.82) is 0 Å². The number of fused-ring (bicyclic) bond motifs is 1. The molecule has 40 heavy (non-hydrogen) atoms. The van der Waals surface area contributed by atoms with Gasteiger partial charge in [0.2, 0.25) is 0 Å². The summed E-state index contributed by atoms with van der Waals surface area (Å²) in [5, 5.41) is 1.53. The largest absolute Gasteiger partial charge is 0.397 e. The Morgan fingerprint density at radius 3 is 2.52 bits per heavy atom. The maximum Gasteiger partial charge on any atom is 0.139 e. The van der Waals surface area contributed by atoms with Crippen LogP contribution in [0.15, 0.2) is 59.5 Å². The van der Waals surface area contributed by atoms with Crippen LogP contribution in [0.1, 0.15) is 53.5 Å². The number of carbonyl (C=O) groups excluding carboxylic acids is 1. The Kier molecular flexibility index (Phi) is 8.04. The van der Waals surface area contributed by atoms with E-state index in [9.17, 15) is 9.00 Å². The Bertz CT molecular complexity index is 1450. The van der Waals surface area contributed by atoms with Crippen molar-refractivity contribution in [3.8, 4) is 0 Å². The lowest BCUT2D eigenvalue weighted by atomic mass is 9.76. The zero-order chi connectivity index (χ0) is 28.7. The maximum absolute atomic E-state index is 13.7. The quantitative estimate of drug-likeness (QED) is 0.231. The van der Waals surface area contributed by atoms with Crippen molar-refractivity contribution in [2.75, 3.05) is 42.8 Å². The predicted molar refractivity (Wildman–Crippen MR) is 165 cm³/mol. The van der Waals surface area contributed by atoms with Gasteiger partial charge >= 0.3 is 0 Å². The molecule has 4 N–H and O–H groups in total. The van der Waals surface area contributed by atoms with Crippen molar-refractivity contribution in [2.24, 2.45) is 17.7 Å². The van der Waals surface area contributed by atoms with E-state index in [-0.39, 0.29) is 17.8 Å². The lowest BCUT2D eigenvalue weighted by molar-refractivity contribution is -0.124. The van der Waals surface area contributed by atoms with Gasteiger partial charge in [-0.3, -0.25) is 4.79 Å². The molecular weight excluding hydrogens is 518 g/mol. The molecule has 1 fully saturated rings. The minimum Gasteiger partial charge on any atom is -0.397 e. The van der Waals surface area contributed by atoms with E-state index >= 15 is 0 Å². The lowest BCUT2D eigenvalue weighted by Crippen LogP contribution is -2.31. The van der Waals surface area contributed by atoms with E-state index in [1.54, 1.807) is 7.05 Å². The number of benzene rings is 3. The minimum absolute atomic E-state index is 0.145. The number of anilines is 3. The summed E-state index contributed by atoms with van der Waals surface area (Å²) in [6.45, 7) is 8.21. The number of hydrogen-bond acceptors (Lipinski definition) is 6. The first-order chi connectivity index (χ1) is 19.1. The van der Waals surface area contributed by atoms with Gasteiger partial charge in [0.15, 0.2) is 0 Å². The topological polar surface area (TPSA) is 95.9 Å². The summed E-state index contributed by atoms with van der Waals surface area (Å²) in [4.78, 5) is 16.5. The van der Waals surface area contributed by atoms with Crippen LogP contribution in [0.2, 0.25) is 0 Å². The Balaban J connectivity index is 1.54. The molecule has 1 aliphatic heterocycles. The molecule has 3 aromatic carbocycles. The highest BCUT2D eigenvalue weighted by atomic mass is 32.2. The number of nitrogen functional groups attached to an aromatic ring is 1. The second kappa shape index (κ2) is 11.4. The van der Waals surface area contributed by atoms with E-state index in [0.29, 0.717) is 24.6 Å². The van der Waals surface area contributed by atoms with Gasteiger partial charge in [0, 0.05) is 51.5 Å². The summed E-state index contributed by atoms with van der Waals surface area (Å²) < 4.78 is 15.8. The van der Waals surface area contributed by atoms with E-state index in [2.05, 4.69) is 54.4 Å². The van der Waals surface area contributed by atoms with Crippen LogP contribution >= 0.6 is 0 Å². The fraction of sp³-hybridized carbons (Fsp3) is 0.406. The van der Waals surface area contributed by atoms with E-state index in [0.717, 1.165) is 63.5 Å². The Morgan fingerprint density at radius 2 is 1.82 bits per heavy atom. The summed E-state index contributed by atoms with van der Waals surface area (Å²) in [6.07, 6.45) is 1.95. The highest BCUT2D eigenvalue weighted by Crippen LogP contribution is 2.43. The van der Waals surface area contributed by atoms with Crippen LogP contribution in [0.4, 0.5) is 17.1 Å². The van der Waals surface area contributed by atoms with Crippen molar-refractivity contribution in [2.45, 2.75) is 51.0 Å². The smallest absolute Gasteiger partial charge is 0.139 e. The van der Waals surface area contributed by atoms with Crippen LogP contribution in [-0.4, -0.2) is 41.5 Å². The number of nitrogens with two attached hydrogens (primary N) is 2. The van der Waals surface area contributed by atoms with Gasteiger partial charge in [-0.05, 0) is 72.7 Å². The molecule has 3 atom stereocenters. The molecular formula is C32H41N5O2S. The molecule has 0 spiro atoms. The van der Waals surface area contributed by atoms with E-state index in [1.807, 2.05) is 37.3 Å². The molecule has 3 aromatic rings. The number of para-hydroxylation sites is 1. The molecule has 1 heterocycles. The average molecular weight is 560 g/mol. The van der Waals surface area contributed by atoms with Gasteiger partial charge in [0.25, 0.3) is 0 Å². The number of Topliss-reactive ketones (excluding diaryl/α,β-unsaturated/α-hetero) is 1. The molecule has 5 rings (SSSR count). The van der Waals surface area contributed by atoms with Gasteiger partial charge in [0.05, 0.1) is 22.0 Å². The molecule has 8 heteroatoms. The van der Waals surface area contributed by atoms with Crippen molar-refractivity contribution < 1.29 is 9.00 Å². The third-order valence-electron chi connectivity index (χ3n) is 8.64. The minimum atomic E-state index is -1.28. The standard InChI is InChI=1S/C32H41N5O2S/c1-20-10-11-24(18-25(20)19-37-17-16-35(4)27-8-6-7-9-29(27)40(37)39)30(22(3)32(38)23-12-13-23)26-14-15-28(36(5)34)31(33)21(26)2/h6-11,14-15,18,22-23,30H,12-13,16-17,19,33-34H2,1-5H3. The first-order valence-electron chi connectivity index (χ1n) is 14.1. The number of nitrogens with zero attached hydrogens (tertiary/aromatic N) is 3. The molecule has 7 nitrogen and oxygen atoms in total. The van der Waals surface area contributed by atoms with Gasteiger partial charge in [-0.15, -0.1) is 0 Å². The summed E-state index contributed by atoms with van der Waals surface area (Å²) in [5.41, 5.74) is 14.3. The highest BCUT2D eigenvalue weighted by Gasteiger charge is 2.38. The number of hydrazine groups is 1. The molecule has 0 radical (unpaired) electrons. The normalized spacial score (nSPS) is 19.1. The monoisotopic (exact) mass is 559 g/mol. The number of hydrogen-bond donors (Lipinski definition) is 2. The summed E-state index contributed by atoms with van der Waals surface area (Å²) >= 11 is 0. The van der Waals surface area contributed by atoms with Gasteiger partial charge in [-0.2, -0.15) is 0 Å². The average Bonchev–Trinajstić information content (AvgIpc) is 3.79. The molecule has 1 aliphatic carbocycles. The fourth-order valence-electron chi connectivity index (χ4n) is 5.92. The molecule has 212 valence electrons. The number of rotatable bonds is 8. The molecule has 0 aromatic heterocycles. The third-order valence-corrected chi connectivity index (χ3v) is 10.1. The molecule has 0 bridgehead atoms. The van der Waals surface area contributed by atoms with Gasteiger partial charge in [-0.25, -0.2) is 14.4 Å². The van der Waals surface area contributed by atoms with E-state index in [4.69, 9.17) is 11.6 Å². The molecule has 0 saturated heterocycles. The number of likely N-dealkylation sites (N-methyl/N-ethyl adjacent to an activating group) is 1. The molecule has 1 saturated carbocycles. The Labute approximate surface area is 240 Å². The number of carbonyl (C=O) groups is 1. The summed E-state index contributed by atoms with van der Waals surface area (Å²) in [6, 6.07) is 18.4. The van der Waals surface area contributed by atoms with Crippen molar-refractivity contribution in [3.05, 3.63) is 82.4 Å². The van der Waals surface area contributed by atoms with Crippen molar-refractivity contribution >= 4 is 33.8 Å². The maximum atomic E-state index is 13.7. The van der Waals surface area contributed by atoms with Crippen LogP contribution in [0, 0.1) is 25.7 Å². The molecule has 2 aliphatic rings. The predicted octanol–water partition coefficient (Wildman–Crippen LogP) is 4.92. The zero-order valence-corrected chi connectivity index (χ0v) is 25.0. The molecule has 0 amide bonds. The molecule has 3 unspecified atom stereocenters. The van der Waals surface area contributed by atoms with Crippen molar-refractivity contribution in [1.82, 2.24) is 4.31 Å². The van der Waals surface area contributed by atoms with Crippen LogP contribution < -0.4 is 21.5 Å². The van der Waals surface area contributed by atoms with E-state index in [1.165, 1.54) is 5.01 Å². The Hall–Kier alpha value is -3.20. The van der Waals surface area contributed by atoms with Crippen LogP contribution in [0.25, 0.3) is 0 Å². The summed E-state index contributed by atoms with van der Waals surface area (Å²) in [5.74, 6) is 6.16. The SMILES string of the molecule is Cc1ccc(C(c2ccc(N(C)N)c(N)c2C)C(C)C(=O)C2CC2)cc1CN1CCN(C)c2ccccc2S1=O. The first kappa shape index (κ1) is 28.3. The third kappa shape index (κ3) is 5.40. The fourth-order valence-corrected chi connectivity index (χ4v) is 7.30. The van der Waals surface area contributed by atoms with Crippen LogP contribution in [0.5, 0.6) is 0 Å². The number of ketones is 1. The van der Waals surface area contributed by atoms with Crippen LogP contribution in [-0.2, 0) is 22.3 Å². The van der Waals surface area contributed by atoms with Gasteiger partial charge in [0.1, 0.15) is 16.8 Å². The summed E-state index contributed by atoms with van der Waals surface area (Å²) in [7, 11) is 2.55. The Morgan fingerprint density at radius 1 is 1.10 bits per heavy atom. The highest BCUT2D eigenvalue weighted by molar-refractivity contribution is 7.82. The lowest BCUT2D eigenvalue weighted by Gasteiger charge is -2.29. The number of aryl methyl sites for hydroxylation is 1. The van der Waals surface area contributed by atoms with Gasteiger partial charge in [-0.1, -0.05) is 43.3 Å².